The maximum absolute atomic E-state index is 6.11. The van der Waals surface area contributed by atoms with Gasteiger partial charge in [-0.25, -0.2) is 0 Å². The van der Waals surface area contributed by atoms with Crippen LogP contribution in [0.5, 0.6) is 0 Å². The van der Waals surface area contributed by atoms with Gasteiger partial charge in [0, 0.05) is 10.8 Å². The third-order valence-electron chi connectivity index (χ3n) is 4.69. The number of hydrogen-bond acceptors (Lipinski definition) is 1. The van der Waals surface area contributed by atoms with Crippen LogP contribution in [0.1, 0.15) is 0 Å². The van der Waals surface area contributed by atoms with E-state index in [1.54, 1.807) is 0 Å². The van der Waals surface area contributed by atoms with Crippen molar-refractivity contribution in [1.29, 1.82) is 0 Å². The van der Waals surface area contributed by atoms with Crippen LogP contribution < -0.4 is 0 Å². The van der Waals surface area contributed by atoms with Crippen LogP contribution in [0, 0.1) is 0 Å². The zero-order chi connectivity index (χ0) is 16.6. The molecule has 0 aliphatic heterocycles. The summed E-state index contributed by atoms with van der Waals surface area (Å²) in [6, 6.07) is 33.7. The molecule has 118 valence electrons. The predicted octanol–water partition coefficient (Wildman–Crippen LogP) is 6.92. The summed E-state index contributed by atoms with van der Waals surface area (Å²) in [5.74, 6) is 0. The monoisotopic (exact) mass is 320 g/mol. The summed E-state index contributed by atoms with van der Waals surface area (Å²) in [7, 11) is 0. The van der Waals surface area contributed by atoms with Crippen molar-refractivity contribution >= 4 is 21.9 Å². The Labute approximate surface area is 146 Å². The number of fused-ring (bicyclic) bond motifs is 3. The molecule has 0 N–H and O–H groups in total. The summed E-state index contributed by atoms with van der Waals surface area (Å²) in [5, 5.41) is 2.34. The largest absolute Gasteiger partial charge is 0.456 e. The van der Waals surface area contributed by atoms with Crippen molar-refractivity contribution in [3.63, 3.8) is 0 Å². The van der Waals surface area contributed by atoms with Crippen molar-refractivity contribution in [3.8, 4) is 22.3 Å². The van der Waals surface area contributed by atoms with E-state index in [0.29, 0.717) is 0 Å². The molecular formula is C24H16O. The van der Waals surface area contributed by atoms with Crippen LogP contribution in [0.25, 0.3) is 44.2 Å². The Kier molecular flexibility index (Phi) is 3.17. The van der Waals surface area contributed by atoms with Gasteiger partial charge in [-0.2, -0.15) is 0 Å². The van der Waals surface area contributed by atoms with E-state index in [9.17, 15) is 0 Å². The zero-order valence-corrected chi connectivity index (χ0v) is 13.6. The molecule has 0 unspecified atom stereocenters. The SMILES string of the molecule is c1ccc(-c2ccc3oc4cccc(-c5ccccc5)c4c3c2)cc1. The van der Waals surface area contributed by atoms with E-state index in [2.05, 4.69) is 78.9 Å². The van der Waals surface area contributed by atoms with Crippen LogP contribution >= 0.6 is 0 Å². The van der Waals surface area contributed by atoms with E-state index >= 15 is 0 Å². The van der Waals surface area contributed by atoms with E-state index in [0.717, 1.165) is 16.6 Å². The first kappa shape index (κ1) is 14.1. The molecule has 0 aliphatic carbocycles. The Balaban J connectivity index is 1.83. The molecule has 5 rings (SSSR count). The smallest absolute Gasteiger partial charge is 0.136 e. The molecule has 0 spiro atoms. The van der Waals surface area contributed by atoms with Gasteiger partial charge in [-0.3, -0.25) is 0 Å². The van der Waals surface area contributed by atoms with Gasteiger partial charge in [-0.05, 0) is 40.5 Å². The molecule has 5 aromatic rings. The summed E-state index contributed by atoms with van der Waals surface area (Å²) in [4.78, 5) is 0. The van der Waals surface area contributed by atoms with Crippen LogP contribution in [0.15, 0.2) is 101 Å². The summed E-state index contributed by atoms with van der Waals surface area (Å²) in [6.07, 6.45) is 0. The Morgan fingerprint density at radius 3 is 1.96 bits per heavy atom. The van der Waals surface area contributed by atoms with Crippen LogP contribution in [-0.2, 0) is 0 Å². The highest BCUT2D eigenvalue weighted by molar-refractivity contribution is 6.13. The fourth-order valence-electron chi connectivity index (χ4n) is 3.50. The summed E-state index contributed by atoms with van der Waals surface area (Å²) in [5.41, 5.74) is 6.71. The average Bonchev–Trinajstić information content (AvgIpc) is 3.07. The third-order valence-corrected chi connectivity index (χ3v) is 4.69. The van der Waals surface area contributed by atoms with Gasteiger partial charge in [0.1, 0.15) is 11.2 Å². The van der Waals surface area contributed by atoms with Gasteiger partial charge in [0.05, 0.1) is 0 Å². The predicted molar refractivity (Wildman–Crippen MR) is 105 cm³/mol. The Morgan fingerprint density at radius 2 is 1.20 bits per heavy atom. The van der Waals surface area contributed by atoms with Crippen LogP contribution in [0.3, 0.4) is 0 Å². The Bertz CT molecular complexity index is 1170. The van der Waals surface area contributed by atoms with Crippen molar-refractivity contribution in [2.75, 3.05) is 0 Å². The molecule has 25 heavy (non-hydrogen) atoms. The second-order valence-electron chi connectivity index (χ2n) is 6.22. The first-order valence-electron chi connectivity index (χ1n) is 8.46. The van der Waals surface area contributed by atoms with Gasteiger partial charge in [-0.1, -0.05) is 78.9 Å². The fraction of sp³-hybridized carbons (Fsp3) is 0. The molecule has 0 atom stereocenters. The van der Waals surface area contributed by atoms with Gasteiger partial charge < -0.3 is 4.42 Å². The van der Waals surface area contributed by atoms with E-state index < -0.39 is 0 Å². The molecule has 1 aromatic heterocycles. The van der Waals surface area contributed by atoms with Crippen molar-refractivity contribution < 1.29 is 4.42 Å². The van der Waals surface area contributed by atoms with Crippen molar-refractivity contribution in [1.82, 2.24) is 0 Å². The van der Waals surface area contributed by atoms with E-state index in [4.69, 9.17) is 4.42 Å². The van der Waals surface area contributed by atoms with Gasteiger partial charge in [0.25, 0.3) is 0 Å². The lowest BCUT2D eigenvalue weighted by atomic mass is 9.97. The molecule has 0 saturated heterocycles. The summed E-state index contributed by atoms with van der Waals surface area (Å²) >= 11 is 0. The lowest BCUT2D eigenvalue weighted by molar-refractivity contribution is 0.669. The zero-order valence-electron chi connectivity index (χ0n) is 13.6. The van der Waals surface area contributed by atoms with Gasteiger partial charge in [0.2, 0.25) is 0 Å². The minimum atomic E-state index is 0.929. The van der Waals surface area contributed by atoms with Crippen molar-refractivity contribution in [2.24, 2.45) is 0 Å². The van der Waals surface area contributed by atoms with Crippen LogP contribution in [0.2, 0.25) is 0 Å². The molecule has 0 aliphatic rings. The van der Waals surface area contributed by atoms with Crippen molar-refractivity contribution in [2.45, 2.75) is 0 Å². The number of benzene rings is 4. The highest BCUT2D eigenvalue weighted by atomic mass is 16.3. The standard InChI is InChI=1S/C24H16O/c1-3-8-17(9-4-1)19-14-15-22-21(16-19)24-20(12-7-13-23(24)25-22)18-10-5-2-6-11-18/h1-16H. The van der Waals surface area contributed by atoms with E-state index in [-0.39, 0.29) is 0 Å². The van der Waals surface area contributed by atoms with E-state index in [1.165, 1.54) is 27.6 Å². The van der Waals surface area contributed by atoms with Gasteiger partial charge in [0.15, 0.2) is 0 Å². The first-order chi connectivity index (χ1) is 12.4. The molecule has 0 bridgehead atoms. The van der Waals surface area contributed by atoms with Crippen molar-refractivity contribution in [3.05, 3.63) is 97.1 Å². The molecule has 1 heterocycles. The lowest BCUT2D eigenvalue weighted by Crippen LogP contribution is -1.80. The molecule has 0 fully saturated rings. The van der Waals surface area contributed by atoms with Gasteiger partial charge >= 0.3 is 0 Å². The quantitative estimate of drug-likeness (QED) is 0.344. The number of rotatable bonds is 2. The highest BCUT2D eigenvalue weighted by Crippen LogP contribution is 2.38. The number of furan rings is 1. The molecular weight excluding hydrogens is 304 g/mol. The second-order valence-corrected chi connectivity index (χ2v) is 6.22. The van der Waals surface area contributed by atoms with Crippen LogP contribution in [-0.4, -0.2) is 0 Å². The average molecular weight is 320 g/mol. The normalized spacial score (nSPS) is 11.2. The first-order valence-corrected chi connectivity index (χ1v) is 8.46. The third kappa shape index (κ3) is 2.33. The summed E-state index contributed by atoms with van der Waals surface area (Å²) < 4.78 is 6.11. The van der Waals surface area contributed by atoms with Crippen LogP contribution in [0.4, 0.5) is 0 Å². The maximum Gasteiger partial charge on any atom is 0.136 e. The van der Waals surface area contributed by atoms with E-state index in [1.807, 2.05) is 18.2 Å². The Hall–Kier alpha value is -3.32. The molecule has 1 heteroatoms. The fourth-order valence-corrected chi connectivity index (χ4v) is 3.50. The maximum atomic E-state index is 6.11. The summed E-state index contributed by atoms with van der Waals surface area (Å²) in [6.45, 7) is 0. The molecule has 1 nitrogen and oxygen atoms in total. The molecule has 0 saturated carbocycles. The molecule has 0 amide bonds. The molecule has 0 radical (unpaired) electrons. The topological polar surface area (TPSA) is 13.1 Å². The minimum absolute atomic E-state index is 0.929. The molecule has 4 aromatic carbocycles. The minimum Gasteiger partial charge on any atom is -0.456 e. The second kappa shape index (κ2) is 5.64. The highest BCUT2D eigenvalue weighted by Gasteiger charge is 2.13. The lowest BCUT2D eigenvalue weighted by Gasteiger charge is -2.04. The van der Waals surface area contributed by atoms with Gasteiger partial charge in [-0.15, -0.1) is 0 Å². The Morgan fingerprint density at radius 1 is 0.480 bits per heavy atom. The number of hydrogen-bond donors (Lipinski definition) is 0.